The minimum Gasteiger partial charge on any atom is -0.343 e. The van der Waals surface area contributed by atoms with Gasteiger partial charge in [0.15, 0.2) is 0 Å². The van der Waals surface area contributed by atoms with E-state index < -0.39 is 0 Å². The quantitative estimate of drug-likeness (QED) is 0.750. The van der Waals surface area contributed by atoms with E-state index in [1.165, 1.54) is 22.5 Å². The summed E-state index contributed by atoms with van der Waals surface area (Å²) in [7, 11) is 0. The lowest BCUT2D eigenvalue weighted by atomic mass is 10.2. The van der Waals surface area contributed by atoms with Crippen LogP contribution in [0.2, 0.25) is 0 Å². The van der Waals surface area contributed by atoms with Crippen molar-refractivity contribution in [3.05, 3.63) is 71.7 Å². The van der Waals surface area contributed by atoms with E-state index in [-0.39, 0.29) is 5.82 Å². The molecule has 0 saturated heterocycles. The number of aromatic nitrogens is 1. The van der Waals surface area contributed by atoms with Crippen LogP contribution in [0.25, 0.3) is 10.9 Å². The molecular formula is C18H19FN2. The minimum absolute atomic E-state index is 0.183. The van der Waals surface area contributed by atoms with Crippen molar-refractivity contribution in [2.24, 2.45) is 0 Å². The highest BCUT2D eigenvalue weighted by molar-refractivity contribution is 5.84. The maximum atomic E-state index is 13.3. The average molecular weight is 282 g/mol. The molecule has 0 aliphatic heterocycles. The molecule has 1 heterocycles. The van der Waals surface area contributed by atoms with Crippen molar-refractivity contribution in [1.29, 1.82) is 0 Å². The average Bonchev–Trinajstić information content (AvgIpc) is 2.84. The zero-order chi connectivity index (χ0) is 14.7. The molecule has 0 amide bonds. The summed E-state index contributed by atoms with van der Waals surface area (Å²) >= 11 is 0. The summed E-state index contributed by atoms with van der Waals surface area (Å²) < 4.78 is 15.5. The zero-order valence-electron chi connectivity index (χ0n) is 12.1. The van der Waals surface area contributed by atoms with Crippen LogP contribution in [0.4, 0.5) is 4.39 Å². The second-order valence-electron chi connectivity index (χ2n) is 5.21. The standard InChI is InChI=1S/C18H19FN2/c1-2-20-11-15-13-21(18-9-4-3-8-17(15)18)12-14-6-5-7-16(19)10-14/h3-10,13,20H,2,11-12H2,1H3. The normalized spacial score (nSPS) is 11.1. The van der Waals surface area contributed by atoms with Crippen molar-refractivity contribution < 1.29 is 4.39 Å². The fourth-order valence-electron chi connectivity index (χ4n) is 2.69. The van der Waals surface area contributed by atoms with Gasteiger partial charge in [0.25, 0.3) is 0 Å². The van der Waals surface area contributed by atoms with Crippen molar-refractivity contribution in [1.82, 2.24) is 9.88 Å². The van der Waals surface area contributed by atoms with Crippen LogP contribution < -0.4 is 5.32 Å². The molecule has 2 aromatic carbocycles. The summed E-state index contributed by atoms with van der Waals surface area (Å²) in [6, 6.07) is 15.2. The molecule has 0 aliphatic rings. The largest absolute Gasteiger partial charge is 0.343 e. The number of para-hydroxylation sites is 1. The van der Waals surface area contributed by atoms with Crippen LogP contribution in [0.3, 0.4) is 0 Å². The molecule has 1 aromatic heterocycles. The molecule has 0 fully saturated rings. The van der Waals surface area contributed by atoms with Crippen molar-refractivity contribution in [3.63, 3.8) is 0 Å². The third-order valence-corrected chi connectivity index (χ3v) is 3.68. The van der Waals surface area contributed by atoms with Crippen LogP contribution in [0.5, 0.6) is 0 Å². The molecule has 0 radical (unpaired) electrons. The molecule has 108 valence electrons. The van der Waals surface area contributed by atoms with Crippen LogP contribution >= 0.6 is 0 Å². The topological polar surface area (TPSA) is 17.0 Å². The Morgan fingerprint density at radius 1 is 1.10 bits per heavy atom. The van der Waals surface area contributed by atoms with Crippen LogP contribution in [-0.4, -0.2) is 11.1 Å². The molecule has 0 aliphatic carbocycles. The molecule has 0 atom stereocenters. The van der Waals surface area contributed by atoms with Crippen molar-refractivity contribution in [2.75, 3.05) is 6.54 Å². The molecule has 0 spiro atoms. The number of hydrogen-bond acceptors (Lipinski definition) is 1. The van der Waals surface area contributed by atoms with E-state index in [4.69, 9.17) is 0 Å². The fourth-order valence-corrected chi connectivity index (χ4v) is 2.69. The molecule has 0 unspecified atom stereocenters. The van der Waals surface area contributed by atoms with Crippen LogP contribution in [0.1, 0.15) is 18.1 Å². The molecule has 21 heavy (non-hydrogen) atoms. The van der Waals surface area contributed by atoms with Gasteiger partial charge in [0.1, 0.15) is 5.82 Å². The van der Waals surface area contributed by atoms with Gasteiger partial charge < -0.3 is 9.88 Å². The van der Waals surface area contributed by atoms with Gasteiger partial charge in [-0.3, -0.25) is 0 Å². The summed E-state index contributed by atoms with van der Waals surface area (Å²) in [6.07, 6.45) is 2.16. The first-order valence-electron chi connectivity index (χ1n) is 7.30. The van der Waals surface area contributed by atoms with E-state index in [9.17, 15) is 4.39 Å². The number of nitrogens with one attached hydrogen (secondary N) is 1. The third kappa shape index (κ3) is 2.98. The molecule has 3 aromatic rings. The van der Waals surface area contributed by atoms with Crippen molar-refractivity contribution >= 4 is 10.9 Å². The first kappa shape index (κ1) is 13.8. The lowest BCUT2D eigenvalue weighted by Crippen LogP contribution is -2.11. The Kier molecular flexibility index (Phi) is 4.02. The molecule has 3 rings (SSSR count). The SMILES string of the molecule is CCNCc1cn(Cc2cccc(F)c2)c2ccccc12. The first-order valence-corrected chi connectivity index (χ1v) is 7.30. The summed E-state index contributed by atoms with van der Waals surface area (Å²) in [5.74, 6) is -0.183. The Labute approximate surface area is 124 Å². The molecule has 0 bridgehead atoms. The van der Waals surface area contributed by atoms with Gasteiger partial charge in [0.2, 0.25) is 0 Å². The smallest absolute Gasteiger partial charge is 0.123 e. The molecule has 1 N–H and O–H groups in total. The Morgan fingerprint density at radius 2 is 1.95 bits per heavy atom. The van der Waals surface area contributed by atoms with Gasteiger partial charge in [0, 0.05) is 30.2 Å². The van der Waals surface area contributed by atoms with E-state index in [1.807, 2.05) is 12.1 Å². The predicted molar refractivity (Wildman–Crippen MR) is 84.8 cm³/mol. The number of rotatable bonds is 5. The summed E-state index contributed by atoms with van der Waals surface area (Å²) in [6.45, 7) is 4.59. The Morgan fingerprint density at radius 3 is 2.76 bits per heavy atom. The Balaban J connectivity index is 1.98. The number of halogens is 1. The third-order valence-electron chi connectivity index (χ3n) is 3.68. The number of nitrogens with zero attached hydrogens (tertiary/aromatic N) is 1. The van der Waals surface area contributed by atoms with Gasteiger partial charge in [0.05, 0.1) is 0 Å². The van der Waals surface area contributed by atoms with Crippen LogP contribution in [0, 0.1) is 5.82 Å². The summed E-state index contributed by atoms with van der Waals surface area (Å²) in [5.41, 5.74) is 3.45. The number of hydrogen-bond donors (Lipinski definition) is 1. The van der Waals surface area contributed by atoms with Gasteiger partial charge in [-0.25, -0.2) is 4.39 Å². The van der Waals surface area contributed by atoms with Gasteiger partial charge in [-0.05, 0) is 35.9 Å². The van der Waals surface area contributed by atoms with Crippen molar-refractivity contribution in [2.45, 2.75) is 20.0 Å². The highest BCUT2D eigenvalue weighted by Gasteiger charge is 2.08. The molecule has 3 heteroatoms. The van der Waals surface area contributed by atoms with Gasteiger partial charge in [-0.1, -0.05) is 37.3 Å². The second kappa shape index (κ2) is 6.10. The molecular weight excluding hydrogens is 263 g/mol. The monoisotopic (exact) mass is 282 g/mol. The highest BCUT2D eigenvalue weighted by Crippen LogP contribution is 2.22. The Hall–Kier alpha value is -2.13. The maximum absolute atomic E-state index is 13.3. The van der Waals surface area contributed by atoms with Gasteiger partial charge in [-0.2, -0.15) is 0 Å². The maximum Gasteiger partial charge on any atom is 0.123 e. The van der Waals surface area contributed by atoms with Gasteiger partial charge in [-0.15, -0.1) is 0 Å². The van der Waals surface area contributed by atoms with E-state index in [1.54, 1.807) is 12.1 Å². The van der Waals surface area contributed by atoms with E-state index in [2.05, 4.69) is 41.2 Å². The number of fused-ring (bicyclic) bond motifs is 1. The summed E-state index contributed by atoms with van der Waals surface area (Å²) in [4.78, 5) is 0. The van der Waals surface area contributed by atoms with E-state index >= 15 is 0 Å². The molecule has 2 nitrogen and oxygen atoms in total. The lowest BCUT2D eigenvalue weighted by Gasteiger charge is -2.05. The highest BCUT2D eigenvalue weighted by atomic mass is 19.1. The Bertz CT molecular complexity index is 746. The zero-order valence-corrected chi connectivity index (χ0v) is 12.1. The first-order chi connectivity index (χ1) is 10.3. The minimum atomic E-state index is -0.183. The lowest BCUT2D eigenvalue weighted by molar-refractivity contribution is 0.624. The predicted octanol–water partition coefficient (Wildman–Crippen LogP) is 3.94. The second-order valence-corrected chi connectivity index (χ2v) is 5.21. The van der Waals surface area contributed by atoms with E-state index in [0.717, 1.165) is 18.7 Å². The summed E-state index contributed by atoms with van der Waals surface area (Å²) in [5, 5.41) is 4.63. The van der Waals surface area contributed by atoms with Crippen LogP contribution in [0.15, 0.2) is 54.7 Å². The van der Waals surface area contributed by atoms with Gasteiger partial charge >= 0.3 is 0 Å². The fraction of sp³-hybridized carbons (Fsp3) is 0.222. The van der Waals surface area contributed by atoms with Crippen molar-refractivity contribution in [3.8, 4) is 0 Å². The van der Waals surface area contributed by atoms with Crippen LogP contribution in [-0.2, 0) is 13.1 Å². The van der Waals surface area contributed by atoms with E-state index in [0.29, 0.717) is 6.54 Å². The number of benzene rings is 2. The molecule has 0 saturated carbocycles.